The summed E-state index contributed by atoms with van der Waals surface area (Å²) in [7, 11) is 0. The van der Waals surface area contributed by atoms with E-state index < -0.39 is 11.7 Å². The summed E-state index contributed by atoms with van der Waals surface area (Å²) in [6.07, 6.45) is 1.89. The molecule has 1 aliphatic carbocycles. The van der Waals surface area contributed by atoms with Crippen LogP contribution < -0.4 is 10.2 Å². The third-order valence-corrected chi connectivity index (χ3v) is 8.74. The average molecular weight is 560 g/mol. The quantitative estimate of drug-likeness (QED) is 0.291. The molecule has 0 bridgehead atoms. The molecule has 2 unspecified atom stereocenters. The van der Waals surface area contributed by atoms with Gasteiger partial charge < -0.3 is 15.1 Å². The summed E-state index contributed by atoms with van der Waals surface area (Å²) in [5.74, 6) is -0.415. The molecule has 1 aliphatic heterocycles. The van der Waals surface area contributed by atoms with Crippen LogP contribution in [0.4, 0.5) is 18.9 Å². The Morgan fingerprint density at radius 1 is 1.15 bits per heavy atom. The highest BCUT2D eigenvalue weighted by atomic mass is 32.2. The zero-order valence-corrected chi connectivity index (χ0v) is 23.3. The van der Waals surface area contributed by atoms with Crippen LogP contribution in [-0.2, 0) is 15.8 Å². The van der Waals surface area contributed by atoms with E-state index in [1.807, 2.05) is 6.07 Å². The number of hydrogen-bond acceptors (Lipinski definition) is 4. The Labute approximate surface area is 232 Å². The highest BCUT2D eigenvalue weighted by molar-refractivity contribution is 8.04. The van der Waals surface area contributed by atoms with Gasteiger partial charge in [0, 0.05) is 36.6 Å². The minimum atomic E-state index is -4.41. The van der Waals surface area contributed by atoms with Crippen LogP contribution in [0.1, 0.15) is 55.7 Å². The van der Waals surface area contributed by atoms with Gasteiger partial charge >= 0.3 is 6.18 Å². The van der Waals surface area contributed by atoms with Crippen molar-refractivity contribution in [2.24, 2.45) is 0 Å². The minimum absolute atomic E-state index is 0.0105. The fourth-order valence-electron chi connectivity index (χ4n) is 5.28. The van der Waals surface area contributed by atoms with Gasteiger partial charge in [-0.2, -0.15) is 13.2 Å². The number of anilines is 1. The predicted molar refractivity (Wildman–Crippen MR) is 151 cm³/mol. The number of halogens is 3. The maximum absolute atomic E-state index is 13.5. The van der Waals surface area contributed by atoms with E-state index in [4.69, 9.17) is 0 Å². The molecular weight excluding hydrogens is 523 g/mol. The maximum Gasteiger partial charge on any atom is 0.416 e. The second-order valence-corrected chi connectivity index (χ2v) is 11.5. The van der Waals surface area contributed by atoms with Crippen molar-refractivity contribution in [3.63, 3.8) is 0 Å². The molecule has 2 aromatic carbocycles. The standard InChI is InChI=1S/C30H36F3N3O2S/c1-3-35(24-9-6-8-21(2)18-24)17-7-16-34-28(37)20-36-25-10-4-5-11-26(25)39-27(29(36)38)19-22-12-14-23(15-13-22)30(31,32)33/h6,8-9,12-15,18-19,25-26H,3-5,7,10-11,16-17,20H2,1-2H3,(H,34,37)/b27-19-. The Bertz CT molecular complexity index is 1180. The van der Waals surface area contributed by atoms with Crippen molar-refractivity contribution in [2.75, 3.05) is 31.1 Å². The van der Waals surface area contributed by atoms with E-state index in [2.05, 4.69) is 42.3 Å². The molecule has 1 N–H and O–H groups in total. The van der Waals surface area contributed by atoms with Crippen LogP contribution >= 0.6 is 11.8 Å². The van der Waals surface area contributed by atoms with Gasteiger partial charge in [-0.15, -0.1) is 11.8 Å². The molecule has 0 radical (unpaired) electrons. The highest BCUT2D eigenvalue weighted by Gasteiger charge is 2.41. The number of carbonyl (C=O) groups is 2. The summed E-state index contributed by atoms with van der Waals surface area (Å²) in [6.45, 7) is 6.36. The number of carbonyl (C=O) groups excluding carboxylic acids is 2. The topological polar surface area (TPSA) is 52.7 Å². The smallest absolute Gasteiger partial charge is 0.372 e. The number of fused-ring (bicyclic) bond motifs is 1. The second-order valence-electron chi connectivity index (χ2n) is 10.2. The number of rotatable bonds is 9. The van der Waals surface area contributed by atoms with Gasteiger partial charge in [0.25, 0.3) is 5.91 Å². The van der Waals surface area contributed by atoms with Gasteiger partial charge in [-0.1, -0.05) is 37.1 Å². The van der Waals surface area contributed by atoms with Crippen molar-refractivity contribution in [1.29, 1.82) is 0 Å². The van der Waals surface area contributed by atoms with Crippen molar-refractivity contribution >= 4 is 35.3 Å². The molecule has 2 aromatic rings. The van der Waals surface area contributed by atoms with E-state index in [0.29, 0.717) is 17.0 Å². The van der Waals surface area contributed by atoms with Gasteiger partial charge in [-0.25, -0.2) is 0 Å². The van der Waals surface area contributed by atoms with Crippen LogP contribution in [0.2, 0.25) is 0 Å². The third-order valence-electron chi connectivity index (χ3n) is 7.34. The Morgan fingerprint density at radius 2 is 1.90 bits per heavy atom. The molecule has 210 valence electrons. The molecule has 4 rings (SSSR count). The van der Waals surface area contributed by atoms with E-state index in [0.717, 1.165) is 63.0 Å². The fourth-order valence-corrected chi connectivity index (χ4v) is 6.76. The summed E-state index contributed by atoms with van der Waals surface area (Å²) >= 11 is 1.50. The number of benzene rings is 2. The van der Waals surface area contributed by atoms with Crippen molar-refractivity contribution in [3.8, 4) is 0 Å². The first kappa shape index (κ1) is 29.1. The maximum atomic E-state index is 13.5. The van der Waals surface area contributed by atoms with Crippen molar-refractivity contribution in [2.45, 2.75) is 63.4 Å². The van der Waals surface area contributed by atoms with Gasteiger partial charge in [0.2, 0.25) is 5.91 Å². The highest BCUT2D eigenvalue weighted by Crippen LogP contribution is 2.42. The van der Waals surface area contributed by atoms with E-state index in [1.54, 1.807) is 11.0 Å². The van der Waals surface area contributed by atoms with Crippen LogP contribution in [-0.4, -0.2) is 54.2 Å². The summed E-state index contributed by atoms with van der Waals surface area (Å²) in [5, 5.41) is 3.16. The molecule has 1 saturated heterocycles. The molecule has 5 nitrogen and oxygen atoms in total. The zero-order valence-electron chi connectivity index (χ0n) is 22.5. The Hall–Kier alpha value is -2.94. The third kappa shape index (κ3) is 7.59. The Kier molecular flexibility index (Phi) is 9.64. The van der Waals surface area contributed by atoms with Crippen molar-refractivity contribution in [3.05, 3.63) is 70.1 Å². The largest absolute Gasteiger partial charge is 0.416 e. The zero-order chi connectivity index (χ0) is 28.0. The summed E-state index contributed by atoms with van der Waals surface area (Å²) in [6, 6.07) is 13.2. The van der Waals surface area contributed by atoms with E-state index in [1.165, 1.54) is 29.5 Å². The minimum Gasteiger partial charge on any atom is -0.372 e. The first-order valence-electron chi connectivity index (χ1n) is 13.6. The fraction of sp³-hybridized carbons (Fsp3) is 0.467. The van der Waals surface area contributed by atoms with Crippen LogP contribution in [0.25, 0.3) is 6.08 Å². The lowest BCUT2D eigenvalue weighted by atomic mass is 9.93. The molecule has 2 fully saturated rings. The SMILES string of the molecule is CCN(CCCNC(=O)CN1C(=O)/C(=C/c2ccc(C(F)(F)F)cc2)SC2CCCCC21)c1cccc(C)c1. The van der Waals surface area contributed by atoms with E-state index in [-0.39, 0.29) is 29.7 Å². The Balaban J connectivity index is 1.37. The number of alkyl halides is 3. The Morgan fingerprint density at radius 3 is 2.59 bits per heavy atom. The number of nitrogens with zero attached hydrogens (tertiary/aromatic N) is 2. The normalized spacial score (nSPS) is 20.6. The predicted octanol–water partition coefficient (Wildman–Crippen LogP) is 6.27. The monoisotopic (exact) mass is 559 g/mol. The molecule has 2 aliphatic rings. The molecule has 2 atom stereocenters. The van der Waals surface area contributed by atoms with Crippen LogP contribution in [0.3, 0.4) is 0 Å². The summed E-state index contributed by atoms with van der Waals surface area (Å²) in [5.41, 5.74) is 2.18. The van der Waals surface area contributed by atoms with Gasteiger partial charge in [-0.3, -0.25) is 9.59 Å². The molecule has 0 aromatic heterocycles. The van der Waals surface area contributed by atoms with Gasteiger partial charge in [0.05, 0.1) is 10.5 Å². The van der Waals surface area contributed by atoms with E-state index in [9.17, 15) is 22.8 Å². The lowest BCUT2D eigenvalue weighted by Gasteiger charge is -2.43. The number of nitrogens with one attached hydrogen (secondary N) is 1. The van der Waals surface area contributed by atoms with Crippen LogP contribution in [0, 0.1) is 6.92 Å². The first-order valence-corrected chi connectivity index (χ1v) is 14.5. The molecule has 9 heteroatoms. The van der Waals surface area contributed by atoms with Crippen LogP contribution in [0.5, 0.6) is 0 Å². The molecule has 1 heterocycles. The molecule has 0 spiro atoms. The average Bonchev–Trinajstić information content (AvgIpc) is 2.91. The number of thioether (sulfide) groups is 1. The second kappa shape index (κ2) is 12.9. The molecular formula is C30H36F3N3O2S. The van der Waals surface area contributed by atoms with Crippen molar-refractivity contribution in [1.82, 2.24) is 10.2 Å². The number of aryl methyl sites for hydroxylation is 1. The lowest BCUT2D eigenvalue weighted by Crippen LogP contribution is -2.54. The van der Waals surface area contributed by atoms with Gasteiger partial charge in [0.1, 0.15) is 6.54 Å². The van der Waals surface area contributed by atoms with Gasteiger partial charge in [-0.05, 0) is 74.6 Å². The summed E-state index contributed by atoms with van der Waals surface area (Å²) < 4.78 is 38.8. The van der Waals surface area contributed by atoms with Gasteiger partial charge in [0.15, 0.2) is 0 Å². The molecule has 1 saturated carbocycles. The first-order chi connectivity index (χ1) is 18.7. The lowest BCUT2D eigenvalue weighted by molar-refractivity contribution is -0.137. The molecule has 2 amide bonds. The van der Waals surface area contributed by atoms with E-state index >= 15 is 0 Å². The summed E-state index contributed by atoms with van der Waals surface area (Å²) in [4.78, 5) is 30.8. The number of hydrogen-bond donors (Lipinski definition) is 1. The van der Waals surface area contributed by atoms with Crippen molar-refractivity contribution < 1.29 is 22.8 Å². The van der Waals surface area contributed by atoms with Crippen LogP contribution in [0.15, 0.2) is 53.4 Å². The number of amides is 2. The molecule has 39 heavy (non-hydrogen) atoms.